The number of fused-ring (bicyclic) bond motifs is 1. The normalized spacial score (nSPS) is 18.3. The van der Waals surface area contributed by atoms with Crippen molar-refractivity contribution in [1.82, 2.24) is 24.9 Å². The highest BCUT2D eigenvalue weighted by Crippen LogP contribution is 2.21. The zero-order chi connectivity index (χ0) is 14.7. The average Bonchev–Trinajstić information content (AvgIpc) is 3.13. The van der Waals surface area contributed by atoms with Crippen LogP contribution >= 0.6 is 0 Å². The van der Waals surface area contributed by atoms with E-state index in [1.165, 1.54) is 0 Å². The maximum atomic E-state index is 11.7. The summed E-state index contributed by atoms with van der Waals surface area (Å²) in [5.41, 5.74) is 0.735. The topological polar surface area (TPSA) is 84.7 Å². The van der Waals surface area contributed by atoms with Gasteiger partial charge in [0.1, 0.15) is 12.9 Å². The highest BCUT2D eigenvalue weighted by Gasteiger charge is 2.26. The molecule has 8 nitrogen and oxygen atoms in total. The first kappa shape index (κ1) is 13.7. The average molecular weight is 290 g/mol. The minimum absolute atomic E-state index is 0.0719. The van der Waals surface area contributed by atoms with E-state index in [0.29, 0.717) is 6.61 Å². The Morgan fingerprint density at radius 2 is 2.48 bits per heavy atom. The summed E-state index contributed by atoms with van der Waals surface area (Å²) in [6.45, 7) is 4.08. The van der Waals surface area contributed by atoms with E-state index in [1.54, 1.807) is 12.5 Å². The van der Waals surface area contributed by atoms with Gasteiger partial charge in [-0.05, 0) is 13.3 Å². The molecule has 8 heteroatoms. The van der Waals surface area contributed by atoms with Gasteiger partial charge in [0.2, 0.25) is 11.6 Å². The van der Waals surface area contributed by atoms with Crippen molar-refractivity contribution in [2.24, 2.45) is 0 Å². The molecule has 3 heterocycles. The van der Waals surface area contributed by atoms with Crippen molar-refractivity contribution in [1.29, 1.82) is 0 Å². The molecule has 1 fully saturated rings. The fraction of sp³-hybridized carbons (Fsp3) is 0.538. The van der Waals surface area contributed by atoms with Crippen LogP contribution in [0.1, 0.15) is 13.3 Å². The number of nitrogens with zero attached hydrogens (tertiary/aromatic N) is 5. The van der Waals surface area contributed by atoms with Gasteiger partial charge in [-0.2, -0.15) is 0 Å². The molecular weight excluding hydrogens is 272 g/mol. The molecule has 0 aliphatic carbocycles. The van der Waals surface area contributed by atoms with Crippen molar-refractivity contribution in [2.45, 2.75) is 19.4 Å². The van der Waals surface area contributed by atoms with Crippen molar-refractivity contribution in [2.75, 3.05) is 31.2 Å². The van der Waals surface area contributed by atoms with E-state index in [-0.39, 0.29) is 18.6 Å². The minimum Gasteiger partial charge on any atom is -0.372 e. The summed E-state index contributed by atoms with van der Waals surface area (Å²) in [6, 6.07) is 0.114. The number of aromatic nitrogens is 4. The van der Waals surface area contributed by atoms with E-state index in [0.717, 1.165) is 31.0 Å². The molecule has 1 saturated heterocycles. The molecule has 0 saturated carbocycles. The SMILES string of the molecule is CCOCC(=O)NC1CCN(c2nccn3cnnc23)C1. The van der Waals surface area contributed by atoms with Crippen molar-refractivity contribution in [3.05, 3.63) is 18.7 Å². The highest BCUT2D eigenvalue weighted by atomic mass is 16.5. The molecule has 112 valence electrons. The lowest BCUT2D eigenvalue weighted by molar-refractivity contribution is -0.126. The Balaban J connectivity index is 1.64. The van der Waals surface area contributed by atoms with Crippen LogP contribution in [0.4, 0.5) is 5.82 Å². The van der Waals surface area contributed by atoms with Gasteiger partial charge in [-0.3, -0.25) is 9.20 Å². The van der Waals surface area contributed by atoms with Gasteiger partial charge in [0.15, 0.2) is 5.82 Å². The van der Waals surface area contributed by atoms with E-state index < -0.39 is 0 Å². The minimum atomic E-state index is -0.0719. The number of hydrogen-bond acceptors (Lipinski definition) is 6. The quantitative estimate of drug-likeness (QED) is 0.825. The summed E-state index contributed by atoms with van der Waals surface area (Å²) < 4.78 is 6.94. The van der Waals surface area contributed by atoms with Crippen LogP contribution in [0.5, 0.6) is 0 Å². The van der Waals surface area contributed by atoms with Crippen molar-refractivity contribution in [3.63, 3.8) is 0 Å². The van der Waals surface area contributed by atoms with Crippen LogP contribution in [0.15, 0.2) is 18.7 Å². The Bertz CT molecular complexity index is 628. The smallest absolute Gasteiger partial charge is 0.246 e. The van der Waals surface area contributed by atoms with E-state index in [9.17, 15) is 4.79 Å². The Kier molecular flexibility index (Phi) is 3.96. The number of ether oxygens (including phenoxy) is 1. The molecule has 2 aromatic heterocycles. The first-order valence-corrected chi connectivity index (χ1v) is 7.04. The molecule has 1 unspecified atom stereocenters. The number of anilines is 1. The van der Waals surface area contributed by atoms with Crippen LogP contribution in [-0.2, 0) is 9.53 Å². The van der Waals surface area contributed by atoms with Gasteiger partial charge in [0.05, 0.1) is 0 Å². The zero-order valence-corrected chi connectivity index (χ0v) is 11.9. The number of nitrogens with one attached hydrogen (secondary N) is 1. The molecule has 0 radical (unpaired) electrons. The number of hydrogen-bond donors (Lipinski definition) is 1. The Morgan fingerprint density at radius 3 is 3.33 bits per heavy atom. The predicted octanol–water partition coefficient (Wildman–Crippen LogP) is -0.144. The third-order valence-corrected chi connectivity index (χ3v) is 3.49. The van der Waals surface area contributed by atoms with Crippen molar-refractivity contribution in [3.8, 4) is 0 Å². The molecule has 1 atom stereocenters. The molecule has 0 aromatic carbocycles. The summed E-state index contributed by atoms with van der Waals surface area (Å²) in [6.07, 6.45) is 6.08. The molecule has 1 amide bonds. The van der Waals surface area contributed by atoms with Crippen LogP contribution < -0.4 is 10.2 Å². The van der Waals surface area contributed by atoms with E-state index in [1.807, 2.05) is 17.5 Å². The molecule has 0 bridgehead atoms. The standard InChI is InChI=1S/C13H18N6O2/c1-2-21-8-11(20)16-10-3-5-18(7-10)12-13-17-15-9-19(13)6-4-14-12/h4,6,9-10H,2-3,5,7-8H2,1H3,(H,16,20). The van der Waals surface area contributed by atoms with E-state index >= 15 is 0 Å². The van der Waals surface area contributed by atoms with Gasteiger partial charge in [0.25, 0.3) is 0 Å². The molecule has 0 spiro atoms. The maximum Gasteiger partial charge on any atom is 0.246 e. The summed E-state index contributed by atoms with van der Waals surface area (Å²) in [4.78, 5) is 18.2. The van der Waals surface area contributed by atoms with Crippen LogP contribution in [0.25, 0.3) is 5.65 Å². The summed E-state index contributed by atoms with van der Waals surface area (Å²) >= 11 is 0. The third-order valence-electron chi connectivity index (χ3n) is 3.49. The third kappa shape index (κ3) is 2.94. The molecule has 1 aliphatic heterocycles. The summed E-state index contributed by atoms with van der Waals surface area (Å²) in [5.74, 6) is 0.730. The monoisotopic (exact) mass is 290 g/mol. The zero-order valence-electron chi connectivity index (χ0n) is 11.9. The fourth-order valence-corrected chi connectivity index (χ4v) is 2.50. The summed E-state index contributed by atoms with van der Waals surface area (Å²) in [7, 11) is 0. The van der Waals surface area contributed by atoms with Gasteiger partial charge < -0.3 is 15.0 Å². The first-order valence-electron chi connectivity index (χ1n) is 7.04. The second kappa shape index (κ2) is 6.04. The number of carbonyl (C=O) groups excluding carboxylic acids is 1. The van der Waals surface area contributed by atoms with Gasteiger partial charge >= 0.3 is 0 Å². The van der Waals surface area contributed by atoms with Crippen LogP contribution in [-0.4, -0.2) is 57.8 Å². The Morgan fingerprint density at radius 1 is 1.57 bits per heavy atom. The van der Waals surface area contributed by atoms with E-state index in [2.05, 4.69) is 25.4 Å². The van der Waals surface area contributed by atoms with Gasteiger partial charge in [0, 0.05) is 38.1 Å². The lowest BCUT2D eigenvalue weighted by atomic mass is 10.2. The number of carbonyl (C=O) groups is 1. The molecular formula is C13H18N6O2. The number of amides is 1. The van der Waals surface area contributed by atoms with Gasteiger partial charge in [-0.15, -0.1) is 10.2 Å². The summed E-state index contributed by atoms with van der Waals surface area (Å²) in [5, 5.41) is 11.0. The fourth-order valence-electron chi connectivity index (χ4n) is 2.50. The Hall–Kier alpha value is -2.22. The first-order chi connectivity index (χ1) is 10.3. The van der Waals surface area contributed by atoms with Crippen LogP contribution in [0.2, 0.25) is 0 Å². The molecule has 1 N–H and O–H groups in total. The molecule has 2 aromatic rings. The maximum absolute atomic E-state index is 11.7. The largest absolute Gasteiger partial charge is 0.372 e. The Labute approximate surface area is 122 Å². The molecule has 1 aliphatic rings. The lowest BCUT2D eigenvalue weighted by Crippen LogP contribution is -2.39. The van der Waals surface area contributed by atoms with E-state index in [4.69, 9.17) is 4.74 Å². The van der Waals surface area contributed by atoms with Crippen molar-refractivity contribution >= 4 is 17.4 Å². The van der Waals surface area contributed by atoms with Gasteiger partial charge in [-0.25, -0.2) is 4.98 Å². The highest BCUT2D eigenvalue weighted by molar-refractivity contribution is 5.77. The van der Waals surface area contributed by atoms with Crippen LogP contribution in [0, 0.1) is 0 Å². The van der Waals surface area contributed by atoms with Crippen LogP contribution in [0.3, 0.4) is 0 Å². The molecule has 3 rings (SSSR count). The predicted molar refractivity (Wildman–Crippen MR) is 76.0 cm³/mol. The van der Waals surface area contributed by atoms with Gasteiger partial charge in [-0.1, -0.05) is 0 Å². The lowest BCUT2D eigenvalue weighted by Gasteiger charge is -2.18. The second-order valence-corrected chi connectivity index (χ2v) is 4.95. The second-order valence-electron chi connectivity index (χ2n) is 4.95. The van der Waals surface area contributed by atoms with Crippen molar-refractivity contribution < 1.29 is 9.53 Å². The number of rotatable bonds is 5. The molecule has 21 heavy (non-hydrogen) atoms.